The van der Waals surface area contributed by atoms with Crippen molar-refractivity contribution in [1.29, 1.82) is 0 Å². The first-order chi connectivity index (χ1) is 17.7. The van der Waals surface area contributed by atoms with Crippen molar-refractivity contribution in [1.82, 2.24) is 0 Å². The highest BCUT2D eigenvalue weighted by Crippen LogP contribution is 2.34. The number of benzene rings is 2. The van der Waals surface area contributed by atoms with Crippen LogP contribution in [0.4, 0.5) is 0 Å². The first-order valence-electron chi connectivity index (χ1n) is 12.4. The lowest BCUT2D eigenvalue weighted by atomic mass is 9.97. The second kappa shape index (κ2) is 12.6. The van der Waals surface area contributed by atoms with E-state index in [1.54, 1.807) is 74.0 Å². The summed E-state index contributed by atoms with van der Waals surface area (Å²) in [5.74, 6) is 0.0430. The number of aryl methyl sites for hydroxylation is 1. The fraction of sp³-hybridized carbons (Fsp3) is 0.433. The SMILES string of the molecule is CCc1ccc(OC)c(/C=C/C(=O)c2ccc(OC(OC(=O)C(C)(C)C)OC(=O)C(C)(C)C)cc2)c1OC. The minimum Gasteiger partial charge on any atom is -0.496 e. The Morgan fingerprint density at radius 2 is 1.37 bits per heavy atom. The van der Waals surface area contributed by atoms with E-state index in [0.29, 0.717) is 22.6 Å². The second-order valence-corrected chi connectivity index (χ2v) is 10.7. The van der Waals surface area contributed by atoms with Gasteiger partial charge in [0.05, 0.1) is 30.6 Å². The molecule has 0 atom stereocenters. The zero-order chi connectivity index (χ0) is 28.7. The van der Waals surface area contributed by atoms with Crippen molar-refractivity contribution in [2.75, 3.05) is 14.2 Å². The molecule has 0 saturated heterocycles. The van der Waals surface area contributed by atoms with Gasteiger partial charge < -0.3 is 23.7 Å². The van der Waals surface area contributed by atoms with Gasteiger partial charge in [-0.25, -0.2) is 0 Å². The molecule has 38 heavy (non-hydrogen) atoms. The normalized spacial score (nSPS) is 11.8. The lowest BCUT2D eigenvalue weighted by molar-refractivity contribution is -0.244. The molecule has 2 aromatic rings. The molecular formula is C30H38O8. The number of carbonyl (C=O) groups is 3. The van der Waals surface area contributed by atoms with Gasteiger partial charge >= 0.3 is 18.4 Å². The topological polar surface area (TPSA) is 97.4 Å². The van der Waals surface area contributed by atoms with Gasteiger partial charge in [0.1, 0.15) is 17.2 Å². The lowest BCUT2D eigenvalue weighted by Crippen LogP contribution is -2.37. The highest BCUT2D eigenvalue weighted by molar-refractivity contribution is 6.07. The Labute approximate surface area is 224 Å². The monoisotopic (exact) mass is 526 g/mol. The van der Waals surface area contributed by atoms with Gasteiger partial charge in [0.25, 0.3) is 0 Å². The summed E-state index contributed by atoms with van der Waals surface area (Å²) in [6, 6.07) is 9.96. The number of methoxy groups -OCH3 is 2. The van der Waals surface area contributed by atoms with Crippen LogP contribution >= 0.6 is 0 Å². The van der Waals surface area contributed by atoms with Crippen molar-refractivity contribution in [2.24, 2.45) is 10.8 Å². The number of carbonyl (C=O) groups excluding carboxylic acids is 3. The van der Waals surface area contributed by atoms with E-state index in [1.807, 2.05) is 19.1 Å². The number of ether oxygens (including phenoxy) is 5. The molecule has 0 unspecified atom stereocenters. The fourth-order valence-electron chi connectivity index (χ4n) is 3.15. The maximum atomic E-state index is 12.9. The second-order valence-electron chi connectivity index (χ2n) is 10.7. The summed E-state index contributed by atoms with van der Waals surface area (Å²) in [4.78, 5) is 37.7. The Morgan fingerprint density at radius 1 is 0.816 bits per heavy atom. The van der Waals surface area contributed by atoms with Crippen LogP contribution in [-0.2, 0) is 25.5 Å². The maximum absolute atomic E-state index is 12.9. The predicted molar refractivity (Wildman–Crippen MR) is 144 cm³/mol. The Balaban J connectivity index is 2.23. The van der Waals surface area contributed by atoms with Crippen molar-refractivity contribution in [2.45, 2.75) is 61.4 Å². The van der Waals surface area contributed by atoms with E-state index in [0.717, 1.165) is 12.0 Å². The van der Waals surface area contributed by atoms with Crippen molar-refractivity contribution >= 4 is 23.8 Å². The molecule has 0 N–H and O–H groups in total. The summed E-state index contributed by atoms with van der Waals surface area (Å²) in [6.45, 7) is 10.5. The smallest absolute Gasteiger partial charge is 0.410 e. The summed E-state index contributed by atoms with van der Waals surface area (Å²) < 4.78 is 27.3. The molecule has 0 radical (unpaired) electrons. The molecule has 0 bridgehead atoms. The molecule has 2 aromatic carbocycles. The van der Waals surface area contributed by atoms with Gasteiger partial charge in [-0.15, -0.1) is 0 Å². The zero-order valence-electron chi connectivity index (χ0n) is 23.7. The number of ketones is 1. The van der Waals surface area contributed by atoms with Crippen LogP contribution in [0.1, 0.15) is 70.0 Å². The molecule has 206 valence electrons. The van der Waals surface area contributed by atoms with E-state index < -0.39 is 29.2 Å². The standard InChI is InChI=1S/C30H38O8/c1-10-19-13-18-24(34-8)22(25(19)35-9)16-17-23(31)20-11-14-21(15-12-20)36-28(37-26(32)29(2,3)4)38-27(33)30(5,6)7/h11-18,28H,10H2,1-9H3/b17-16+. The highest BCUT2D eigenvalue weighted by Gasteiger charge is 2.32. The van der Waals surface area contributed by atoms with Crippen LogP contribution < -0.4 is 14.2 Å². The molecule has 0 fully saturated rings. The third-order valence-corrected chi connectivity index (χ3v) is 5.45. The van der Waals surface area contributed by atoms with Crippen molar-refractivity contribution < 1.29 is 38.1 Å². The van der Waals surface area contributed by atoms with Crippen LogP contribution in [0.25, 0.3) is 6.08 Å². The number of rotatable bonds is 10. The molecular weight excluding hydrogens is 488 g/mol. The quantitative estimate of drug-likeness (QED) is 0.161. The van der Waals surface area contributed by atoms with Gasteiger partial charge in [0.2, 0.25) is 0 Å². The number of hydrogen-bond acceptors (Lipinski definition) is 8. The zero-order valence-corrected chi connectivity index (χ0v) is 23.7. The summed E-state index contributed by atoms with van der Waals surface area (Å²) in [6.07, 6.45) is 3.87. The Hall–Kier alpha value is -3.81. The van der Waals surface area contributed by atoms with Crippen LogP contribution in [0, 0.1) is 10.8 Å². The molecule has 8 nitrogen and oxygen atoms in total. The van der Waals surface area contributed by atoms with E-state index in [2.05, 4.69) is 0 Å². The van der Waals surface area contributed by atoms with Gasteiger partial charge in [-0.1, -0.05) is 13.0 Å². The number of esters is 2. The van der Waals surface area contributed by atoms with Crippen LogP contribution in [0.2, 0.25) is 0 Å². The van der Waals surface area contributed by atoms with E-state index in [4.69, 9.17) is 23.7 Å². The van der Waals surface area contributed by atoms with E-state index in [9.17, 15) is 14.4 Å². The fourth-order valence-corrected chi connectivity index (χ4v) is 3.15. The molecule has 0 spiro atoms. The van der Waals surface area contributed by atoms with E-state index in [-0.39, 0.29) is 11.5 Å². The third kappa shape index (κ3) is 8.10. The summed E-state index contributed by atoms with van der Waals surface area (Å²) in [5, 5.41) is 0. The molecule has 0 aliphatic carbocycles. The number of hydrogen-bond donors (Lipinski definition) is 0. The first kappa shape index (κ1) is 30.4. The van der Waals surface area contributed by atoms with Crippen LogP contribution in [0.5, 0.6) is 17.2 Å². The van der Waals surface area contributed by atoms with E-state index in [1.165, 1.54) is 18.2 Å². The van der Waals surface area contributed by atoms with Crippen molar-refractivity contribution in [3.63, 3.8) is 0 Å². The minimum atomic E-state index is -1.58. The minimum absolute atomic E-state index is 0.248. The van der Waals surface area contributed by atoms with Crippen LogP contribution in [-0.4, -0.2) is 38.4 Å². The molecule has 0 heterocycles. The van der Waals surface area contributed by atoms with Crippen LogP contribution in [0.3, 0.4) is 0 Å². The average Bonchev–Trinajstić information content (AvgIpc) is 2.85. The molecule has 2 rings (SSSR count). The summed E-state index contributed by atoms with van der Waals surface area (Å²) in [7, 11) is 3.14. The molecule has 8 heteroatoms. The van der Waals surface area contributed by atoms with Gasteiger partial charge in [-0.2, -0.15) is 0 Å². The predicted octanol–water partition coefficient (Wildman–Crippen LogP) is 6.00. The third-order valence-electron chi connectivity index (χ3n) is 5.45. The molecule has 0 aromatic heterocycles. The lowest BCUT2D eigenvalue weighted by Gasteiger charge is -2.25. The Kier molecular flexibility index (Phi) is 10.1. The molecule has 0 aliphatic heterocycles. The van der Waals surface area contributed by atoms with Crippen molar-refractivity contribution in [3.05, 3.63) is 59.2 Å². The highest BCUT2D eigenvalue weighted by atomic mass is 16.9. The van der Waals surface area contributed by atoms with Crippen molar-refractivity contribution in [3.8, 4) is 17.2 Å². The van der Waals surface area contributed by atoms with Gasteiger partial charge in [0, 0.05) is 5.56 Å². The molecule has 0 saturated carbocycles. The summed E-state index contributed by atoms with van der Waals surface area (Å²) in [5.41, 5.74) is 0.400. The average molecular weight is 527 g/mol. The van der Waals surface area contributed by atoms with Gasteiger partial charge in [-0.3, -0.25) is 14.4 Å². The molecule has 0 aliphatic rings. The largest absolute Gasteiger partial charge is 0.496 e. The Morgan fingerprint density at radius 3 is 1.82 bits per heavy atom. The first-order valence-corrected chi connectivity index (χ1v) is 12.4. The Bertz CT molecular complexity index is 1140. The molecule has 0 amide bonds. The van der Waals surface area contributed by atoms with Gasteiger partial charge in [-0.05, 0) is 96.0 Å². The van der Waals surface area contributed by atoms with E-state index >= 15 is 0 Å². The summed E-state index contributed by atoms with van der Waals surface area (Å²) >= 11 is 0. The number of allylic oxidation sites excluding steroid dienone is 1. The van der Waals surface area contributed by atoms with Crippen LogP contribution in [0.15, 0.2) is 42.5 Å². The van der Waals surface area contributed by atoms with Gasteiger partial charge in [0.15, 0.2) is 5.78 Å². The maximum Gasteiger partial charge on any atom is 0.410 e.